The topological polar surface area (TPSA) is 101 Å². The number of alkyl halides is 2. The molecule has 1 fully saturated rings. The molecule has 3 heterocycles. The molecule has 0 aromatic carbocycles. The van der Waals surface area contributed by atoms with Gasteiger partial charge in [-0.1, -0.05) is 6.92 Å². The first-order chi connectivity index (χ1) is 12.4. The van der Waals surface area contributed by atoms with Gasteiger partial charge in [-0.2, -0.15) is 10.1 Å². The molecular weight excluding hydrogens is 352 g/mol. The smallest absolute Gasteiger partial charge is 0.351 e. The summed E-state index contributed by atoms with van der Waals surface area (Å²) in [5.74, 6) is -1.86. The number of nitrogens with zero attached hydrogens (tertiary/aromatic N) is 5. The predicted molar refractivity (Wildman–Crippen MR) is 82.7 cm³/mol. The molecule has 0 aliphatic carbocycles. The first-order valence-corrected chi connectivity index (χ1v) is 7.97. The number of carbonyl (C=O) groups excluding carboxylic acids is 1. The number of hydrogen-bond donors (Lipinski definition) is 0. The van der Waals surface area contributed by atoms with E-state index in [1.54, 1.807) is 6.92 Å². The molecule has 0 spiro atoms. The van der Waals surface area contributed by atoms with Crippen molar-refractivity contribution in [3.05, 3.63) is 35.4 Å². The highest BCUT2D eigenvalue weighted by molar-refractivity contribution is 5.66. The van der Waals surface area contributed by atoms with Gasteiger partial charge in [-0.15, -0.1) is 0 Å². The maximum atomic E-state index is 13.5. The van der Waals surface area contributed by atoms with Crippen LogP contribution in [0.5, 0.6) is 0 Å². The van der Waals surface area contributed by atoms with Crippen LogP contribution in [0.4, 0.5) is 8.78 Å². The van der Waals surface area contributed by atoms with E-state index >= 15 is 0 Å². The Balaban J connectivity index is 1.98. The van der Waals surface area contributed by atoms with Gasteiger partial charge in [-0.3, -0.25) is 9.36 Å². The van der Waals surface area contributed by atoms with Crippen LogP contribution in [0.1, 0.15) is 26.5 Å². The molecule has 11 heteroatoms. The first-order valence-electron chi connectivity index (χ1n) is 7.97. The minimum absolute atomic E-state index is 0.211. The SMILES string of the molecule is CC[C@H]1O[C@@H](n2ccc(-n3cncn3)nc2=O)[C@H](OC(C)=O)[C@@H]1C(F)F. The molecule has 0 saturated carbocycles. The summed E-state index contributed by atoms with van der Waals surface area (Å²) < 4.78 is 40.1. The largest absolute Gasteiger partial charge is 0.457 e. The average Bonchev–Trinajstić information content (AvgIpc) is 3.22. The summed E-state index contributed by atoms with van der Waals surface area (Å²) in [4.78, 5) is 31.4. The van der Waals surface area contributed by atoms with Gasteiger partial charge in [0.1, 0.15) is 12.7 Å². The van der Waals surface area contributed by atoms with Crippen LogP contribution in [-0.2, 0) is 14.3 Å². The van der Waals surface area contributed by atoms with Gasteiger partial charge in [-0.25, -0.2) is 23.2 Å². The lowest BCUT2D eigenvalue weighted by Gasteiger charge is -2.23. The van der Waals surface area contributed by atoms with Crippen LogP contribution in [0, 0.1) is 5.92 Å². The quantitative estimate of drug-likeness (QED) is 0.723. The lowest BCUT2D eigenvalue weighted by Crippen LogP contribution is -2.38. The van der Waals surface area contributed by atoms with E-state index in [2.05, 4.69) is 15.1 Å². The highest BCUT2D eigenvalue weighted by Gasteiger charge is 2.51. The van der Waals surface area contributed by atoms with Gasteiger partial charge < -0.3 is 9.47 Å². The number of rotatable bonds is 5. The molecule has 0 radical (unpaired) electrons. The highest BCUT2D eigenvalue weighted by Crippen LogP contribution is 2.40. The fraction of sp³-hybridized carbons (Fsp3) is 0.533. The minimum atomic E-state index is -2.77. The maximum absolute atomic E-state index is 13.5. The van der Waals surface area contributed by atoms with Crippen molar-refractivity contribution >= 4 is 5.97 Å². The van der Waals surface area contributed by atoms with Crippen molar-refractivity contribution in [3.8, 4) is 5.82 Å². The molecule has 3 rings (SSSR count). The van der Waals surface area contributed by atoms with E-state index in [9.17, 15) is 18.4 Å². The van der Waals surface area contributed by atoms with Crippen molar-refractivity contribution in [2.24, 2.45) is 5.92 Å². The summed E-state index contributed by atoms with van der Waals surface area (Å²) in [7, 11) is 0. The van der Waals surface area contributed by atoms with Crippen molar-refractivity contribution in [1.29, 1.82) is 0 Å². The fourth-order valence-corrected chi connectivity index (χ4v) is 3.03. The molecule has 4 atom stereocenters. The van der Waals surface area contributed by atoms with E-state index in [1.807, 2.05) is 0 Å². The summed E-state index contributed by atoms with van der Waals surface area (Å²) in [6.45, 7) is 2.80. The molecule has 0 bridgehead atoms. The van der Waals surface area contributed by atoms with Crippen LogP contribution in [0.2, 0.25) is 0 Å². The zero-order valence-electron chi connectivity index (χ0n) is 14.0. The molecule has 1 aliphatic heterocycles. The van der Waals surface area contributed by atoms with Crippen LogP contribution in [-0.4, -0.2) is 48.9 Å². The molecule has 26 heavy (non-hydrogen) atoms. The molecule has 2 aromatic rings. The van der Waals surface area contributed by atoms with Crippen LogP contribution in [0.3, 0.4) is 0 Å². The lowest BCUT2D eigenvalue weighted by molar-refractivity contribution is -0.156. The summed E-state index contributed by atoms with van der Waals surface area (Å²) in [6, 6.07) is 1.46. The Morgan fingerprint density at radius 3 is 2.77 bits per heavy atom. The molecule has 0 N–H and O–H groups in total. The maximum Gasteiger partial charge on any atom is 0.351 e. The van der Waals surface area contributed by atoms with Gasteiger partial charge in [0.25, 0.3) is 0 Å². The molecule has 1 aliphatic rings. The number of aromatic nitrogens is 5. The van der Waals surface area contributed by atoms with Crippen molar-refractivity contribution in [2.75, 3.05) is 0 Å². The van der Waals surface area contributed by atoms with E-state index in [1.165, 1.54) is 29.6 Å². The molecule has 0 amide bonds. The summed E-state index contributed by atoms with van der Waals surface area (Å²) in [5.41, 5.74) is -0.745. The molecule has 140 valence electrons. The summed E-state index contributed by atoms with van der Waals surface area (Å²) >= 11 is 0. The van der Waals surface area contributed by atoms with E-state index in [0.717, 1.165) is 11.5 Å². The number of halogens is 2. The predicted octanol–water partition coefficient (Wildman–Crippen LogP) is 0.944. The number of esters is 1. The molecular formula is C15H17F2N5O4. The van der Waals surface area contributed by atoms with Crippen molar-refractivity contribution in [3.63, 3.8) is 0 Å². The second kappa shape index (κ2) is 7.28. The van der Waals surface area contributed by atoms with Crippen molar-refractivity contribution < 1.29 is 23.0 Å². The Bertz CT molecular complexity index is 826. The Morgan fingerprint density at radius 2 is 2.23 bits per heavy atom. The van der Waals surface area contributed by atoms with E-state index in [4.69, 9.17) is 9.47 Å². The minimum Gasteiger partial charge on any atom is -0.457 e. The van der Waals surface area contributed by atoms with Crippen LogP contribution >= 0.6 is 0 Å². The second-order valence-corrected chi connectivity index (χ2v) is 5.77. The normalized spacial score (nSPS) is 25.6. The highest BCUT2D eigenvalue weighted by atomic mass is 19.3. The summed E-state index contributed by atoms with van der Waals surface area (Å²) in [5, 5.41) is 3.86. The third-order valence-electron chi connectivity index (χ3n) is 4.14. The zero-order chi connectivity index (χ0) is 18.8. The third kappa shape index (κ3) is 3.34. The number of carbonyl (C=O) groups is 1. The second-order valence-electron chi connectivity index (χ2n) is 5.77. The van der Waals surface area contributed by atoms with Crippen molar-refractivity contribution in [2.45, 2.75) is 45.1 Å². The van der Waals surface area contributed by atoms with Gasteiger partial charge in [0, 0.05) is 13.1 Å². The average molecular weight is 369 g/mol. The van der Waals surface area contributed by atoms with Crippen LogP contribution < -0.4 is 5.69 Å². The molecule has 2 aromatic heterocycles. The Morgan fingerprint density at radius 1 is 1.46 bits per heavy atom. The van der Waals surface area contributed by atoms with Gasteiger partial charge in [0.05, 0.1) is 12.0 Å². The van der Waals surface area contributed by atoms with Gasteiger partial charge in [0.15, 0.2) is 18.1 Å². The lowest BCUT2D eigenvalue weighted by atomic mass is 9.96. The molecule has 9 nitrogen and oxygen atoms in total. The van der Waals surface area contributed by atoms with Gasteiger partial charge in [-0.05, 0) is 12.5 Å². The van der Waals surface area contributed by atoms with E-state index < -0.39 is 42.4 Å². The monoisotopic (exact) mass is 369 g/mol. The first kappa shape index (κ1) is 18.1. The Labute approximate surface area is 146 Å². The van der Waals surface area contributed by atoms with Crippen molar-refractivity contribution in [1.82, 2.24) is 24.3 Å². The number of ether oxygens (including phenoxy) is 2. The Hall–Kier alpha value is -2.69. The van der Waals surface area contributed by atoms with Gasteiger partial charge >= 0.3 is 11.7 Å². The Kier molecular flexibility index (Phi) is 5.07. The zero-order valence-corrected chi connectivity index (χ0v) is 14.0. The summed E-state index contributed by atoms with van der Waals surface area (Å²) in [6.07, 6.45) is -1.85. The number of hydrogen-bond acceptors (Lipinski definition) is 7. The van der Waals surface area contributed by atoms with E-state index in [-0.39, 0.29) is 12.2 Å². The fourth-order valence-electron chi connectivity index (χ4n) is 3.03. The molecule has 1 saturated heterocycles. The van der Waals surface area contributed by atoms with E-state index in [0.29, 0.717) is 0 Å². The molecule has 0 unspecified atom stereocenters. The van der Waals surface area contributed by atoms with Crippen LogP contribution in [0.25, 0.3) is 5.82 Å². The van der Waals surface area contributed by atoms with Gasteiger partial charge in [0.2, 0.25) is 6.43 Å². The third-order valence-corrected chi connectivity index (χ3v) is 4.14. The standard InChI is InChI=1S/C15H17F2N5O4/c1-3-9-11(13(16)17)12(25-8(2)23)14(26-9)21-5-4-10(20-15(21)24)22-7-18-6-19-22/h4-7,9,11-14H,3H2,1-2H3/t9-,11-,12-,14-/m1/s1. The van der Waals surface area contributed by atoms with Crippen LogP contribution in [0.15, 0.2) is 29.7 Å².